The first-order valence-corrected chi connectivity index (χ1v) is 25.7. The molecule has 8 rings (SSSR count). The summed E-state index contributed by atoms with van der Waals surface area (Å²) in [5.41, 5.74) is 8.03. The van der Waals surface area contributed by atoms with Crippen molar-refractivity contribution in [2.45, 2.75) is 70.8 Å². The summed E-state index contributed by atoms with van der Waals surface area (Å²) in [6.45, 7) is 15.2. The number of rotatable bonds is 14. The number of piperazine rings is 1. The summed E-state index contributed by atoms with van der Waals surface area (Å²) in [6, 6.07) is 21.2. The highest BCUT2D eigenvalue weighted by molar-refractivity contribution is 9.10. The number of hydrogen-bond acceptors (Lipinski definition) is 12. The van der Waals surface area contributed by atoms with Crippen LogP contribution in [0.4, 0.5) is 28.8 Å². The Morgan fingerprint density at radius 3 is 2.32 bits per heavy atom. The van der Waals surface area contributed by atoms with E-state index in [0.717, 1.165) is 123 Å². The molecule has 13 nitrogen and oxygen atoms in total. The quantitative estimate of drug-likeness (QED) is 0.0733. The number of benzene rings is 3. The highest BCUT2D eigenvalue weighted by atomic mass is 79.9. The summed E-state index contributed by atoms with van der Waals surface area (Å²) in [4.78, 5) is 45.9. The lowest BCUT2D eigenvalue weighted by molar-refractivity contribution is -0.134. The Hall–Kier alpha value is -4.88. The van der Waals surface area contributed by atoms with Crippen molar-refractivity contribution >= 4 is 79.9 Å². The minimum Gasteiger partial charge on any atom is -0.494 e. The van der Waals surface area contributed by atoms with Crippen molar-refractivity contribution in [3.63, 3.8) is 0 Å². The maximum absolute atomic E-state index is 13.7. The van der Waals surface area contributed by atoms with Crippen LogP contribution in [0.1, 0.15) is 67.8 Å². The maximum atomic E-state index is 13.7. The number of fused-ring (bicyclic) bond motifs is 1. The molecule has 5 aromatic rings. The van der Waals surface area contributed by atoms with E-state index in [1.807, 2.05) is 24.3 Å². The van der Waals surface area contributed by atoms with Crippen molar-refractivity contribution in [3.05, 3.63) is 93.7 Å². The van der Waals surface area contributed by atoms with Crippen molar-refractivity contribution < 1.29 is 18.9 Å². The van der Waals surface area contributed by atoms with Gasteiger partial charge in [0.05, 0.1) is 34.4 Å². The molecule has 0 bridgehead atoms. The molecule has 3 aliphatic heterocycles. The largest absolute Gasteiger partial charge is 0.494 e. The van der Waals surface area contributed by atoms with Crippen LogP contribution in [0.3, 0.4) is 0 Å². The lowest BCUT2D eigenvalue weighted by atomic mass is 9.90. The molecule has 1 atom stereocenters. The maximum Gasteiger partial charge on any atom is 0.234 e. The molecule has 3 aromatic carbocycles. The number of piperidine rings is 2. The summed E-state index contributed by atoms with van der Waals surface area (Å²) in [5.74, 6) is 1.08. The Balaban J connectivity index is 0.868. The van der Waals surface area contributed by atoms with E-state index in [1.165, 1.54) is 16.8 Å². The molecule has 3 N–H and O–H groups in total. The van der Waals surface area contributed by atoms with Gasteiger partial charge in [-0.05, 0) is 109 Å². The number of carbonyl (C=O) groups excluding carboxylic acids is 2. The van der Waals surface area contributed by atoms with E-state index in [4.69, 9.17) is 14.7 Å². The van der Waals surface area contributed by atoms with Crippen LogP contribution in [0.25, 0.3) is 10.9 Å². The number of nitrogens with one attached hydrogen (secondary N) is 3. The number of amides is 2. The minimum absolute atomic E-state index is 0.176. The van der Waals surface area contributed by atoms with E-state index >= 15 is 0 Å². The van der Waals surface area contributed by atoms with E-state index in [0.29, 0.717) is 35.1 Å². The molecule has 332 valence electrons. The second-order valence-corrected chi connectivity index (χ2v) is 21.3. The van der Waals surface area contributed by atoms with Gasteiger partial charge in [-0.2, -0.15) is 4.98 Å². The normalized spacial score (nSPS) is 18.1. The van der Waals surface area contributed by atoms with E-state index in [2.05, 4.69) is 102 Å². The van der Waals surface area contributed by atoms with Gasteiger partial charge >= 0.3 is 0 Å². The molecule has 0 saturated carbocycles. The van der Waals surface area contributed by atoms with Crippen molar-refractivity contribution in [2.24, 2.45) is 0 Å². The summed E-state index contributed by atoms with van der Waals surface area (Å²) in [5, 5.41) is 11.0. The fraction of sp³-hybridized carbons (Fsp3) is 0.438. The second-order valence-electron chi connectivity index (χ2n) is 17.3. The lowest BCUT2D eigenvalue weighted by Crippen LogP contribution is -2.53. The SMILES string of the molecule is CCc1ccc2c(P(C)(C)=O)c(Nc3nc(Nc4cc(CC)c(N5CCC(N6CCN(CCc7ccc(C8CCC(=O)NC8=O)cc7)CC6)CC5)cc4OC)ncc3Br)ccc2n1. The van der Waals surface area contributed by atoms with Crippen molar-refractivity contribution in [1.29, 1.82) is 0 Å². The number of carbonyl (C=O) groups is 2. The summed E-state index contributed by atoms with van der Waals surface area (Å²) in [6.07, 6.45) is 7.60. The number of ether oxygens (including phenoxy) is 1. The molecular formula is C48H59BrN9O4P. The monoisotopic (exact) mass is 935 g/mol. The molecule has 2 aromatic heterocycles. The zero-order chi connectivity index (χ0) is 44.3. The van der Waals surface area contributed by atoms with Gasteiger partial charge in [-0.25, -0.2) is 4.98 Å². The van der Waals surface area contributed by atoms with Crippen LogP contribution in [-0.4, -0.2) is 109 Å². The van der Waals surface area contributed by atoms with Crippen molar-refractivity contribution in [3.8, 4) is 5.75 Å². The van der Waals surface area contributed by atoms with Crippen LogP contribution in [0, 0.1) is 0 Å². The van der Waals surface area contributed by atoms with Gasteiger partial charge in [0.2, 0.25) is 17.8 Å². The number of nitrogens with zero attached hydrogens (tertiary/aromatic N) is 6. The molecule has 0 radical (unpaired) electrons. The summed E-state index contributed by atoms with van der Waals surface area (Å²) in [7, 11) is -1.03. The van der Waals surface area contributed by atoms with Crippen LogP contribution < -0.4 is 30.9 Å². The van der Waals surface area contributed by atoms with E-state index in [1.54, 1.807) is 26.6 Å². The van der Waals surface area contributed by atoms with Crippen LogP contribution in [0.2, 0.25) is 0 Å². The molecule has 3 aliphatic rings. The predicted molar refractivity (Wildman–Crippen MR) is 257 cm³/mol. The fourth-order valence-electron chi connectivity index (χ4n) is 9.37. The first kappa shape index (κ1) is 44.7. The third-order valence-corrected chi connectivity index (χ3v) is 15.0. The minimum atomic E-state index is -2.73. The number of hydrogen-bond donors (Lipinski definition) is 3. The highest BCUT2D eigenvalue weighted by Gasteiger charge is 2.30. The molecule has 0 spiro atoms. The third kappa shape index (κ3) is 10.2. The zero-order valence-electron chi connectivity index (χ0n) is 37.0. The molecule has 63 heavy (non-hydrogen) atoms. The first-order chi connectivity index (χ1) is 30.4. The Labute approximate surface area is 379 Å². The summed E-state index contributed by atoms with van der Waals surface area (Å²) < 4.78 is 20.4. The molecule has 2 amide bonds. The van der Waals surface area contributed by atoms with Crippen molar-refractivity contribution in [1.82, 2.24) is 30.1 Å². The molecule has 3 fully saturated rings. The number of imide groups is 1. The Kier molecular flexibility index (Phi) is 13.8. The molecule has 5 heterocycles. The molecule has 1 unspecified atom stereocenters. The molecule has 0 aliphatic carbocycles. The number of pyridine rings is 1. The number of halogens is 1. The average molecular weight is 937 g/mol. The predicted octanol–water partition coefficient (Wildman–Crippen LogP) is 8.01. The standard InChI is InChI=1S/C48H59BrN9O4P/c1-6-32-28-41(53-48-50-30-38(49)46(55-48)52-40-16-15-39-37(45(40)63(4,5)61)13-12-34(7-2)51-39)43(62-3)29-42(32)58-22-19-35(20-23-58)57-26-24-56(25-27-57)21-18-31-8-10-33(11-9-31)36-14-17-44(59)54-47(36)60/h8-13,15-16,28-30,35-36H,6-7,14,17-27H2,1-5H3,(H,54,59,60)(H2,50,52,53,55). The van der Waals surface area contributed by atoms with Gasteiger partial charge in [-0.3, -0.25) is 24.8 Å². The van der Waals surface area contributed by atoms with Crippen molar-refractivity contribution in [2.75, 3.05) is 81.8 Å². The third-order valence-electron chi connectivity index (χ3n) is 12.9. The zero-order valence-corrected chi connectivity index (χ0v) is 39.5. The topological polar surface area (TPSA) is 145 Å². The van der Waals surface area contributed by atoms with E-state index in [9.17, 15) is 14.2 Å². The van der Waals surface area contributed by atoms with Crippen LogP contribution >= 0.6 is 23.1 Å². The fourth-order valence-corrected chi connectivity index (χ4v) is 11.1. The number of aryl methyl sites for hydroxylation is 2. The number of aromatic nitrogens is 3. The lowest BCUT2D eigenvalue weighted by Gasteiger charge is -2.43. The number of methoxy groups -OCH3 is 1. The highest BCUT2D eigenvalue weighted by Crippen LogP contribution is 2.42. The van der Waals surface area contributed by atoms with E-state index in [-0.39, 0.29) is 17.7 Å². The Morgan fingerprint density at radius 2 is 1.63 bits per heavy atom. The smallest absolute Gasteiger partial charge is 0.234 e. The molecular weight excluding hydrogens is 877 g/mol. The van der Waals surface area contributed by atoms with Crippen LogP contribution in [0.5, 0.6) is 5.75 Å². The average Bonchev–Trinajstić information content (AvgIpc) is 3.29. The Bertz CT molecular complexity index is 2520. The second kappa shape index (κ2) is 19.5. The van der Waals surface area contributed by atoms with Gasteiger partial charge in [0.1, 0.15) is 18.7 Å². The summed E-state index contributed by atoms with van der Waals surface area (Å²) >= 11 is 3.63. The van der Waals surface area contributed by atoms with E-state index < -0.39 is 7.14 Å². The van der Waals surface area contributed by atoms with Gasteiger partial charge in [0.25, 0.3) is 0 Å². The molecule has 3 saturated heterocycles. The van der Waals surface area contributed by atoms with Gasteiger partial charge < -0.3 is 29.7 Å². The van der Waals surface area contributed by atoms with Gasteiger partial charge in [-0.15, -0.1) is 0 Å². The molecule has 15 heteroatoms. The first-order valence-electron chi connectivity index (χ1n) is 22.3. The van der Waals surface area contributed by atoms with Gasteiger partial charge in [0.15, 0.2) is 0 Å². The number of anilines is 5. The van der Waals surface area contributed by atoms with Gasteiger partial charge in [-0.1, -0.05) is 44.2 Å². The van der Waals surface area contributed by atoms with Crippen LogP contribution in [-0.2, 0) is 33.4 Å². The Morgan fingerprint density at radius 1 is 0.873 bits per heavy atom. The van der Waals surface area contributed by atoms with Crippen LogP contribution in [0.15, 0.2) is 71.3 Å². The van der Waals surface area contributed by atoms with Gasteiger partial charge in [0, 0.05) is 92.6 Å².